The second-order valence-corrected chi connectivity index (χ2v) is 7.29. The van der Waals surface area contributed by atoms with Crippen molar-refractivity contribution in [2.45, 2.75) is 32.8 Å². The lowest BCUT2D eigenvalue weighted by atomic mass is 10.1. The Morgan fingerprint density at radius 1 is 1.43 bits per heavy atom. The zero-order chi connectivity index (χ0) is 16.8. The van der Waals surface area contributed by atoms with Crippen LogP contribution in [0.15, 0.2) is 22.7 Å². The first-order valence-corrected chi connectivity index (χ1v) is 8.82. The number of nitrogens with one attached hydrogen (secondary N) is 1. The molecule has 0 bridgehead atoms. The molecule has 6 heteroatoms. The van der Waals surface area contributed by atoms with Gasteiger partial charge in [0, 0.05) is 24.2 Å². The lowest BCUT2D eigenvalue weighted by Gasteiger charge is -2.31. The average molecular weight is 387 g/mol. The number of likely N-dealkylation sites (tertiary alicyclic amines) is 1. The van der Waals surface area contributed by atoms with E-state index >= 15 is 0 Å². The molecule has 0 atom stereocenters. The van der Waals surface area contributed by atoms with Crippen molar-refractivity contribution < 1.29 is 13.9 Å². The van der Waals surface area contributed by atoms with Gasteiger partial charge in [-0.1, -0.05) is 29.8 Å². The molecule has 23 heavy (non-hydrogen) atoms. The van der Waals surface area contributed by atoms with Crippen LogP contribution < -0.4 is 5.32 Å². The number of hydrogen-bond donors (Lipinski definition) is 1. The molecule has 2 rings (SSSR count). The molecule has 1 aliphatic rings. The van der Waals surface area contributed by atoms with Gasteiger partial charge >= 0.3 is 0 Å². The van der Waals surface area contributed by atoms with E-state index in [9.17, 15) is 9.18 Å². The summed E-state index contributed by atoms with van der Waals surface area (Å²) in [5, 5.41) is 2.63. The Balaban J connectivity index is 1.74. The van der Waals surface area contributed by atoms with Crippen molar-refractivity contribution in [1.82, 2.24) is 4.90 Å². The summed E-state index contributed by atoms with van der Waals surface area (Å²) in [4.78, 5) is 14.1. The molecule has 1 aromatic carbocycles. The van der Waals surface area contributed by atoms with Gasteiger partial charge in [0.2, 0.25) is 5.91 Å². The maximum atomic E-state index is 13.7. The van der Waals surface area contributed by atoms with Crippen LogP contribution in [-0.2, 0) is 9.53 Å². The summed E-state index contributed by atoms with van der Waals surface area (Å²) in [7, 11) is 0. The molecule has 0 aromatic heterocycles. The van der Waals surface area contributed by atoms with Crippen LogP contribution in [0, 0.1) is 11.7 Å². The summed E-state index contributed by atoms with van der Waals surface area (Å²) in [5.74, 6) is -0.0825. The van der Waals surface area contributed by atoms with Crippen LogP contribution in [0.3, 0.4) is 0 Å². The van der Waals surface area contributed by atoms with Gasteiger partial charge in [0.1, 0.15) is 5.82 Å². The van der Waals surface area contributed by atoms with E-state index in [1.54, 1.807) is 12.1 Å². The predicted molar refractivity (Wildman–Crippen MR) is 93.0 cm³/mol. The third kappa shape index (κ3) is 6.20. The van der Waals surface area contributed by atoms with Crippen molar-refractivity contribution in [3.8, 4) is 0 Å². The maximum absolute atomic E-state index is 13.7. The Hall–Kier alpha value is -0.980. The molecule has 128 valence electrons. The molecule has 1 N–H and O–H groups in total. The van der Waals surface area contributed by atoms with Crippen LogP contribution in [0.5, 0.6) is 0 Å². The molecule has 1 fully saturated rings. The van der Waals surface area contributed by atoms with Crippen molar-refractivity contribution in [3.63, 3.8) is 0 Å². The van der Waals surface area contributed by atoms with Crippen LogP contribution in [0.25, 0.3) is 0 Å². The van der Waals surface area contributed by atoms with Crippen molar-refractivity contribution in [3.05, 3.63) is 28.5 Å². The third-order valence-corrected chi connectivity index (χ3v) is 4.27. The largest absolute Gasteiger partial charge is 0.378 e. The second-order valence-electron chi connectivity index (χ2n) is 6.38. The molecule has 0 spiro atoms. The topological polar surface area (TPSA) is 41.6 Å². The molecule has 4 nitrogen and oxygen atoms in total. The summed E-state index contributed by atoms with van der Waals surface area (Å²) >= 11 is 3.20. The lowest BCUT2D eigenvalue weighted by molar-refractivity contribution is -0.118. The number of rotatable bonds is 6. The Kier molecular flexibility index (Phi) is 6.99. The molecule has 1 aromatic rings. The van der Waals surface area contributed by atoms with Crippen LogP contribution in [0.1, 0.15) is 26.7 Å². The first kappa shape index (κ1) is 18.4. The lowest BCUT2D eigenvalue weighted by Crippen LogP contribution is -2.41. The molecule has 1 aliphatic heterocycles. The van der Waals surface area contributed by atoms with E-state index in [0.717, 1.165) is 32.5 Å². The van der Waals surface area contributed by atoms with Crippen molar-refractivity contribution >= 4 is 27.5 Å². The van der Waals surface area contributed by atoms with Gasteiger partial charge in [-0.25, -0.2) is 4.39 Å². The Morgan fingerprint density at radius 3 is 2.74 bits per heavy atom. The van der Waals surface area contributed by atoms with E-state index in [1.807, 2.05) is 0 Å². The quantitative estimate of drug-likeness (QED) is 0.810. The van der Waals surface area contributed by atoms with Crippen LogP contribution in [0.2, 0.25) is 0 Å². The molecule has 0 radical (unpaired) electrons. The van der Waals surface area contributed by atoms with Gasteiger partial charge < -0.3 is 10.1 Å². The molecular weight excluding hydrogens is 363 g/mol. The SMILES string of the molecule is CC(C)COC1CCN(CC(=O)Nc2ccc(Br)cc2F)CC1. The fourth-order valence-electron chi connectivity index (χ4n) is 2.55. The summed E-state index contributed by atoms with van der Waals surface area (Å²) in [5.41, 5.74) is 0.216. The summed E-state index contributed by atoms with van der Waals surface area (Å²) in [6.45, 7) is 7.01. The van der Waals surface area contributed by atoms with Gasteiger partial charge in [0.05, 0.1) is 18.3 Å². The molecular formula is C17H24BrFN2O2. The maximum Gasteiger partial charge on any atom is 0.238 e. The third-order valence-electron chi connectivity index (χ3n) is 3.77. The number of amides is 1. The van der Waals surface area contributed by atoms with E-state index < -0.39 is 5.82 Å². The molecule has 1 heterocycles. The first-order valence-electron chi connectivity index (χ1n) is 8.03. The van der Waals surface area contributed by atoms with E-state index in [2.05, 4.69) is 40.0 Å². The molecule has 0 saturated carbocycles. The summed E-state index contributed by atoms with van der Waals surface area (Å²) < 4.78 is 20.2. The number of ether oxygens (including phenoxy) is 1. The fraction of sp³-hybridized carbons (Fsp3) is 0.588. The van der Waals surface area contributed by atoms with Crippen molar-refractivity contribution in [2.24, 2.45) is 5.92 Å². The van der Waals surface area contributed by atoms with Gasteiger partial charge in [0.15, 0.2) is 0 Å². The highest BCUT2D eigenvalue weighted by Gasteiger charge is 2.21. The normalized spacial score (nSPS) is 16.7. The van der Waals surface area contributed by atoms with Gasteiger partial charge in [-0.3, -0.25) is 9.69 Å². The van der Waals surface area contributed by atoms with Crippen LogP contribution in [0.4, 0.5) is 10.1 Å². The number of nitrogens with zero attached hydrogens (tertiary/aromatic N) is 1. The van der Waals surface area contributed by atoms with Gasteiger partial charge in [-0.15, -0.1) is 0 Å². The zero-order valence-corrected chi connectivity index (χ0v) is 15.2. The highest BCUT2D eigenvalue weighted by molar-refractivity contribution is 9.10. The molecule has 0 aliphatic carbocycles. The van der Waals surface area contributed by atoms with Gasteiger partial charge in [0.25, 0.3) is 0 Å². The fourth-order valence-corrected chi connectivity index (χ4v) is 2.88. The predicted octanol–water partition coefficient (Wildman–Crippen LogP) is 3.66. The summed E-state index contributed by atoms with van der Waals surface area (Å²) in [6, 6.07) is 4.60. The zero-order valence-electron chi connectivity index (χ0n) is 13.6. The van der Waals surface area contributed by atoms with Crippen molar-refractivity contribution in [2.75, 3.05) is 31.6 Å². The average Bonchev–Trinajstić information content (AvgIpc) is 2.49. The minimum Gasteiger partial charge on any atom is -0.378 e. The number of carbonyl (C=O) groups is 1. The highest BCUT2D eigenvalue weighted by Crippen LogP contribution is 2.20. The minimum atomic E-state index is -0.437. The second kappa shape index (κ2) is 8.76. The van der Waals surface area contributed by atoms with Crippen LogP contribution in [-0.4, -0.2) is 43.2 Å². The molecule has 0 unspecified atom stereocenters. The van der Waals surface area contributed by atoms with E-state index in [-0.39, 0.29) is 18.1 Å². The number of anilines is 1. The monoisotopic (exact) mass is 386 g/mol. The highest BCUT2D eigenvalue weighted by atomic mass is 79.9. The number of piperidine rings is 1. The standard InChI is InChI=1S/C17H24BrFN2O2/c1-12(2)11-23-14-5-7-21(8-6-14)10-17(22)20-16-4-3-13(18)9-15(16)19/h3-4,9,12,14H,5-8,10-11H2,1-2H3,(H,20,22). The minimum absolute atomic E-state index is 0.187. The van der Waals surface area contributed by atoms with Gasteiger partial charge in [-0.05, 0) is 37.0 Å². The number of halogens is 2. The number of hydrogen-bond acceptors (Lipinski definition) is 3. The van der Waals surface area contributed by atoms with Crippen LogP contribution >= 0.6 is 15.9 Å². The van der Waals surface area contributed by atoms with Gasteiger partial charge in [-0.2, -0.15) is 0 Å². The number of carbonyl (C=O) groups excluding carboxylic acids is 1. The van der Waals surface area contributed by atoms with E-state index in [4.69, 9.17) is 4.74 Å². The van der Waals surface area contributed by atoms with E-state index in [1.165, 1.54) is 6.07 Å². The smallest absolute Gasteiger partial charge is 0.238 e. The van der Waals surface area contributed by atoms with Crippen molar-refractivity contribution in [1.29, 1.82) is 0 Å². The summed E-state index contributed by atoms with van der Waals surface area (Å²) in [6.07, 6.45) is 2.17. The molecule has 1 amide bonds. The first-order chi connectivity index (χ1) is 10.9. The van der Waals surface area contributed by atoms with E-state index in [0.29, 0.717) is 16.5 Å². The molecule has 1 saturated heterocycles. The Morgan fingerprint density at radius 2 is 2.13 bits per heavy atom. The Bertz CT molecular complexity index is 531. The number of benzene rings is 1. The Labute approximate surface area is 145 Å².